The quantitative estimate of drug-likeness (QED) is 0.735. The summed E-state index contributed by atoms with van der Waals surface area (Å²) in [5.41, 5.74) is 1.62. The van der Waals surface area contributed by atoms with Crippen LogP contribution in [0.15, 0.2) is 18.3 Å². The molecule has 0 saturated carbocycles. The van der Waals surface area contributed by atoms with Crippen molar-refractivity contribution >= 4 is 5.91 Å². The summed E-state index contributed by atoms with van der Waals surface area (Å²) in [5, 5.41) is 0. The van der Waals surface area contributed by atoms with E-state index >= 15 is 0 Å². The molecule has 2 heterocycles. The number of carbonyl (C=O) groups excluding carboxylic acids is 1. The summed E-state index contributed by atoms with van der Waals surface area (Å²) < 4.78 is 15.6. The molecule has 6 heteroatoms. The van der Waals surface area contributed by atoms with Crippen molar-refractivity contribution in [1.82, 2.24) is 9.88 Å². The Hall–Kier alpha value is -1.50. The van der Waals surface area contributed by atoms with E-state index in [9.17, 15) is 4.79 Å². The smallest absolute Gasteiger partial charge is 0.248 e. The zero-order chi connectivity index (χ0) is 13.7. The van der Waals surface area contributed by atoms with Crippen LogP contribution in [0.1, 0.15) is 17.5 Å². The molecule has 1 aromatic heterocycles. The van der Waals surface area contributed by atoms with Gasteiger partial charge < -0.3 is 19.1 Å². The second-order valence-corrected chi connectivity index (χ2v) is 4.22. The third kappa shape index (κ3) is 3.28. The first-order valence-electron chi connectivity index (χ1n) is 6.11. The Morgan fingerprint density at radius 3 is 2.95 bits per heavy atom. The molecule has 0 unspecified atom stereocenters. The lowest BCUT2D eigenvalue weighted by Crippen LogP contribution is -2.41. The van der Waals surface area contributed by atoms with Gasteiger partial charge in [-0.15, -0.1) is 0 Å². The maximum atomic E-state index is 11.7. The highest BCUT2D eigenvalue weighted by Crippen LogP contribution is 2.20. The van der Waals surface area contributed by atoms with Gasteiger partial charge in [-0.2, -0.15) is 0 Å². The Balaban J connectivity index is 2.17. The minimum Gasteiger partial charge on any atom is -0.370 e. The second-order valence-electron chi connectivity index (χ2n) is 4.22. The molecule has 1 aliphatic rings. The van der Waals surface area contributed by atoms with Crippen LogP contribution >= 0.6 is 0 Å². The molecular formula is C13H18N2O4. The van der Waals surface area contributed by atoms with Gasteiger partial charge in [-0.25, -0.2) is 0 Å². The normalized spacial score (nSPS) is 16.2. The van der Waals surface area contributed by atoms with Gasteiger partial charge in [0.05, 0.1) is 6.61 Å². The van der Waals surface area contributed by atoms with Crippen LogP contribution in [-0.2, 0) is 25.5 Å². The number of pyridine rings is 1. The summed E-state index contributed by atoms with van der Waals surface area (Å²) in [7, 11) is 3.12. The van der Waals surface area contributed by atoms with Gasteiger partial charge in [-0.1, -0.05) is 6.07 Å². The van der Waals surface area contributed by atoms with Gasteiger partial charge in [-0.05, 0) is 11.6 Å². The topological polar surface area (TPSA) is 60.9 Å². The van der Waals surface area contributed by atoms with E-state index in [0.717, 1.165) is 5.56 Å². The fourth-order valence-electron chi connectivity index (χ4n) is 2.04. The van der Waals surface area contributed by atoms with Crippen LogP contribution in [0.4, 0.5) is 0 Å². The standard InChI is InChI=1S/C13H18N2O4/c1-17-13(18-2)12-10(4-3-5-14-12)8-15-6-7-19-9-11(15)16/h3-5,13H,6-9H2,1-2H3. The van der Waals surface area contributed by atoms with Gasteiger partial charge in [-0.3, -0.25) is 9.78 Å². The molecule has 0 radical (unpaired) electrons. The molecule has 0 N–H and O–H groups in total. The molecule has 1 aliphatic heterocycles. The molecule has 1 amide bonds. The third-order valence-corrected chi connectivity index (χ3v) is 3.02. The SMILES string of the molecule is COC(OC)c1ncccc1CN1CCOCC1=O. The predicted molar refractivity (Wildman–Crippen MR) is 67.2 cm³/mol. The first kappa shape index (κ1) is 13.9. The summed E-state index contributed by atoms with van der Waals surface area (Å²) in [4.78, 5) is 17.8. The van der Waals surface area contributed by atoms with Crippen LogP contribution in [0.5, 0.6) is 0 Å². The van der Waals surface area contributed by atoms with Crippen molar-refractivity contribution in [2.24, 2.45) is 0 Å². The van der Waals surface area contributed by atoms with E-state index in [1.165, 1.54) is 0 Å². The molecule has 0 aromatic carbocycles. The molecule has 1 aromatic rings. The fraction of sp³-hybridized carbons (Fsp3) is 0.538. The average Bonchev–Trinajstić information content (AvgIpc) is 2.44. The molecule has 1 fully saturated rings. The summed E-state index contributed by atoms with van der Waals surface area (Å²) in [5.74, 6) is -0.00700. The lowest BCUT2D eigenvalue weighted by atomic mass is 10.1. The minimum atomic E-state index is -0.521. The maximum absolute atomic E-state index is 11.7. The van der Waals surface area contributed by atoms with E-state index in [1.807, 2.05) is 12.1 Å². The van der Waals surface area contributed by atoms with Crippen molar-refractivity contribution in [3.63, 3.8) is 0 Å². The number of rotatable bonds is 5. The summed E-state index contributed by atoms with van der Waals surface area (Å²) in [6.07, 6.45) is 1.16. The lowest BCUT2D eigenvalue weighted by Gasteiger charge is -2.28. The Morgan fingerprint density at radius 1 is 1.47 bits per heavy atom. The van der Waals surface area contributed by atoms with E-state index in [4.69, 9.17) is 14.2 Å². The number of amides is 1. The van der Waals surface area contributed by atoms with Crippen LogP contribution in [0, 0.1) is 0 Å². The number of ether oxygens (including phenoxy) is 3. The number of carbonyl (C=O) groups is 1. The van der Waals surface area contributed by atoms with Gasteiger partial charge in [0.1, 0.15) is 12.3 Å². The average molecular weight is 266 g/mol. The zero-order valence-corrected chi connectivity index (χ0v) is 11.2. The Labute approximate surface area is 112 Å². The molecule has 0 aliphatic carbocycles. The van der Waals surface area contributed by atoms with Gasteiger partial charge in [0.2, 0.25) is 12.2 Å². The van der Waals surface area contributed by atoms with Gasteiger partial charge in [0.25, 0.3) is 0 Å². The number of hydrogen-bond donors (Lipinski definition) is 0. The highest BCUT2D eigenvalue weighted by molar-refractivity contribution is 5.78. The molecule has 1 saturated heterocycles. The molecule has 0 atom stereocenters. The lowest BCUT2D eigenvalue weighted by molar-refractivity contribution is -0.143. The first-order valence-corrected chi connectivity index (χ1v) is 6.11. The monoisotopic (exact) mass is 266 g/mol. The second kappa shape index (κ2) is 6.60. The van der Waals surface area contributed by atoms with Crippen LogP contribution in [0.25, 0.3) is 0 Å². The zero-order valence-electron chi connectivity index (χ0n) is 11.2. The van der Waals surface area contributed by atoms with Crippen molar-refractivity contribution < 1.29 is 19.0 Å². The molecule has 0 spiro atoms. The number of methoxy groups -OCH3 is 2. The molecule has 104 valence electrons. The van der Waals surface area contributed by atoms with Crippen molar-refractivity contribution in [3.8, 4) is 0 Å². The molecule has 2 rings (SSSR count). The van der Waals surface area contributed by atoms with Crippen LogP contribution in [0.3, 0.4) is 0 Å². The summed E-state index contributed by atoms with van der Waals surface area (Å²) >= 11 is 0. The highest BCUT2D eigenvalue weighted by Gasteiger charge is 2.22. The van der Waals surface area contributed by atoms with Crippen LogP contribution < -0.4 is 0 Å². The van der Waals surface area contributed by atoms with Crippen molar-refractivity contribution in [2.75, 3.05) is 34.0 Å². The van der Waals surface area contributed by atoms with E-state index < -0.39 is 6.29 Å². The Bertz CT molecular complexity index is 434. The molecular weight excluding hydrogens is 248 g/mol. The van der Waals surface area contributed by atoms with Gasteiger partial charge in [0, 0.05) is 33.5 Å². The van der Waals surface area contributed by atoms with Gasteiger partial charge >= 0.3 is 0 Å². The number of morpholine rings is 1. The van der Waals surface area contributed by atoms with Crippen molar-refractivity contribution in [1.29, 1.82) is 0 Å². The van der Waals surface area contributed by atoms with E-state index in [0.29, 0.717) is 25.4 Å². The molecule has 19 heavy (non-hydrogen) atoms. The minimum absolute atomic E-state index is 0.00700. The summed E-state index contributed by atoms with van der Waals surface area (Å²) in [6, 6.07) is 3.77. The van der Waals surface area contributed by atoms with Crippen molar-refractivity contribution in [2.45, 2.75) is 12.8 Å². The fourth-order valence-corrected chi connectivity index (χ4v) is 2.04. The highest BCUT2D eigenvalue weighted by atomic mass is 16.7. The summed E-state index contributed by atoms with van der Waals surface area (Å²) in [6.45, 7) is 1.80. The Kier molecular flexibility index (Phi) is 4.84. The third-order valence-electron chi connectivity index (χ3n) is 3.02. The maximum Gasteiger partial charge on any atom is 0.248 e. The molecule has 0 bridgehead atoms. The van der Waals surface area contributed by atoms with E-state index in [-0.39, 0.29) is 12.5 Å². The number of hydrogen-bond acceptors (Lipinski definition) is 5. The van der Waals surface area contributed by atoms with Gasteiger partial charge in [0.15, 0.2) is 0 Å². The Morgan fingerprint density at radius 2 is 2.26 bits per heavy atom. The first-order chi connectivity index (χ1) is 9.26. The largest absolute Gasteiger partial charge is 0.370 e. The predicted octanol–water partition coefficient (Wildman–Crippen LogP) is 0.732. The molecule has 6 nitrogen and oxygen atoms in total. The van der Waals surface area contributed by atoms with Crippen LogP contribution in [-0.4, -0.2) is 49.8 Å². The van der Waals surface area contributed by atoms with Crippen LogP contribution in [0.2, 0.25) is 0 Å². The van der Waals surface area contributed by atoms with E-state index in [1.54, 1.807) is 25.3 Å². The number of aromatic nitrogens is 1. The van der Waals surface area contributed by atoms with E-state index in [2.05, 4.69) is 4.98 Å². The number of nitrogens with zero attached hydrogens (tertiary/aromatic N) is 2. The van der Waals surface area contributed by atoms with Crippen molar-refractivity contribution in [3.05, 3.63) is 29.6 Å².